The van der Waals surface area contributed by atoms with Crippen LogP contribution in [0.1, 0.15) is 23.4 Å². The van der Waals surface area contributed by atoms with Gasteiger partial charge in [0.25, 0.3) is 0 Å². The molecule has 0 spiro atoms. The summed E-state index contributed by atoms with van der Waals surface area (Å²) in [5.41, 5.74) is 3.90. The number of aryl methyl sites for hydroxylation is 1. The summed E-state index contributed by atoms with van der Waals surface area (Å²) in [6.45, 7) is 5.06. The van der Waals surface area contributed by atoms with Crippen molar-refractivity contribution in [2.45, 2.75) is 32.5 Å². The van der Waals surface area contributed by atoms with Crippen molar-refractivity contribution in [2.24, 2.45) is 0 Å². The van der Waals surface area contributed by atoms with E-state index in [2.05, 4.69) is 58.3 Å². The third-order valence-corrected chi connectivity index (χ3v) is 4.00. The first kappa shape index (κ1) is 14.3. The van der Waals surface area contributed by atoms with E-state index in [9.17, 15) is 0 Å². The van der Waals surface area contributed by atoms with Crippen molar-refractivity contribution >= 4 is 0 Å². The lowest BCUT2D eigenvalue weighted by Gasteiger charge is -2.15. The molecule has 0 unspecified atom stereocenters. The number of hydrogen-bond donors (Lipinski definition) is 1. The second-order valence-electron chi connectivity index (χ2n) is 5.85. The zero-order valence-electron chi connectivity index (χ0n) is 12.8. The normalized spacial score (nSPS) is 15.0. The minimum Gasteiger partial charge on any atom is -0.311 e. The molecule has 0 saturated heterocycles. The molecule has 112 valence electrons. The molecule has 2 aromatic rings. The minimum absolute atomic E-state index is 0.923. The summed E-state index contributed by atoms with van der Waals surface area (Å²) >= 11 is 0. The smallest absolute Gasteiger partial charge is 0.0768 e. The minimum atomic E-state index is 0.923. The van der Waals surface area contributed by atoms with Gasteiger partial charge in [-0.2, -0.15) is 5.10 Å². The Hall–Kier alpha value is -1.65. The molecule has 1 N–H and O–H groups in total. The zero-order chi connectivity index (χ0) is 14.5. The van der Waals surface area contributed by atoms with Gasteiger partial charge in [-0.25, -0.2) is 0 Å². The van der Waals surface area contributed by atoms with Crippen molar-refractivity contribution in [3.8, 4) is 0 Å². The lowest BCUT2D eigenvalue weighted by atomic mass is 10.1. The Balaban J connectivity index is 1.54. The standard InChI is InChI=1S/C17H24N4/c1-20(11-8-15-6-3-2-4-7-15)14-16-12-17-13-18-9-5-10-21(17)19-16/h2-4,6-7,12,18H,5,8-11,13-14H2,1H3. The molecule has 21 heavy (non-hydrogen) atoms. The van der Waals surface area contributed by atoms with E-state index in [-0.39, 0.29) is 0 Å². The molecular weight excluding hydrogens is 260 g/mol. The molecule has 0 saturated carbocycles. The lowest BCUT2D eigenvalue weighted by Crippen LogP contribution is -2.21. The number of fused-ring (bicyclic) bond motifs is 1. The van der Waals surface area contributed by atoms with Gasteiger partial charge < -0.3 is 10.2 Å². The van der Waals surface area contributed by atoms with Crippen LogP contribution in [0.3, 0.4) is 0 Å². The van der Waals surface area contributed by atoms with Gasteiger partial charge in [0.2, 0.25) is 0 Å². The molecule has 0 bridgehead atoms. The van der Waals surface area contributed by atoms with E-state index in [0.29, 0.717) is 0 Å². The third kappa shape index (κ3) is 3.93. The zero-order valence-corrected chi connectivity index (χ0v) is 12.8. The number of aromatic nitrogens is 2. The molecule has 0 atom stereocenters. The highest BCUT2D eigenvalue weighted by Gasteiger charge is 2.11. The average Bonchev–Trinajstić information content (AvgIpc) is 2.75. The summed E-state index contributed by atoms with van der Waals surface area (Å²) < 4.78 is 2.17. The summed E-state index contributed by atoms with van der Waals surface area (Å²) in [6, 6.07) is 12.9. The highest BCUT2D eigenvalue weighted by atomic mass is 15.3. The van der Waals surface area contributed by atoms with Crippen LogP contribution in [0, 0.1) is 0 Å². The van der Waals surface area contributed by atoms with E-state index >= 15 is 0 Å². The summed E-state index contributed by atoms with van der Waals surface area (Å²) in [4.78, 5) is 2.35. The number of nitrogens with zero attached hydrogens (tertiary/aromatic N) is 3. The molecular formula is C17H24N4. The van der Waals surface area contributed by atoms with Crippen LogP contribution >= 0.6 is 0 Å². The van der Waals surface area contributed by atoms with Gasteiger partial charge >= 0.3 is 0 Å². The van der Waals surface area contributed by atoms with Crippen LogP contribution in [0.25, 0.3) is 0 Å². The highest BCUT2D eigenvalue weighted by molar-refractivity contribution is 5.15. The molecule has 1 aromatic heterocycles. The molecule has 0 radical (unpaired) electrons. The lowest BCUT2D eigenvalue weighted by molar-refractivity contribution is 0.325. The predicted octanol–water partition coefficient (Wildman–Crippen LogP) is 2.05. The van der Waals surface area contributed by atoms with E-state index in [0.717, 1.165) is 45.6 Å². The van der Waals surface area contributed by atoms with Crippen LogP contribution in [0.5, 0.6) is 0 Å². The fraction of sp³-hybridized carbons (Fsp3) is 0.471. The Morgan fingerprint density at radius 1 is 1.29 bits per heavy atom. The fourth-order valence-corrected chi connectivity index (χ4v) is 2.82. The number of benzene rings is 1. The molecule has 0 fully saturated rings. The molecule has 1 aliphatic heterocycles. The van der Waals surface area contributed by atoms with Crippen molar-refractivity contribution < 1.29 is 0 Å². The van der Waals surface area contributed by atoms with Crippen LogP contribution in [-0.2, 0) is 26.1 Å². The largest absolute Gasteiger partial charge is 0.311 e. The maximum Gasteiger partial charge on any atom is 0.0768 e. The van der Waals surface area contributed by atoms with E-state index in [1.165, 1.54) is 17.0 Å². The Bertz CT molecular complexity index is 538. The fourth-order valence-electron chi connectivity index (χ4n) is 2.82. The van der Waals surface area contributed by atoms with Gasteiger partial charge in [0.05, 0.1) is 11.4 Å². The van der Waals surface area contributed by atoms with E-state index in [4.69, 9.17) is 5.10 Å². The van der Waals surface area contributed by atoms with Crippen molar-refractivity contribution in [1.29, 1.82) is 0 Å². The number of nitrogens with one attached hydrogen (secondary N) is 1. The maximum absolute atomic E-state index is 4.74. The molecule has 4 nitrogen and oxygen atoms in total. The molecule has 3 rings (SSSR count). The summed E-state index contributed by atoms with van der Waals surface area (Å²) in [6.07, 6.45) is 2.25. The first-order valence-corrected chi connectivity index (χ1v) is 7.80. The van der Waals surface area contributed by atoms with Crippen molar-refractivity contribution in [1.82, 2.24) is 20.0 Å². The van der Waals surface area contributed by atoms with Crippen molar-refractivity contribution in [2.75, 3.05) is 20.1 Å². The maximum atomic E-state index is 4.74. The molecule has 4 heteroatoms. The molecule has 0 amide bonds. The van der Waals surface area contributed by atoms with Gasteiger partial charge in [0.15, 0.2) is 0 Å². The van der Waals surface area contributed by atoms with E-state index in [1.54, 1.807) is 0 Å². The first-order valence-electron chi connectivity index (χ1n) is 7.80. The van der Waals surface area contributed by atoms with Crippen LogP contribution in [-0.4, -0.2) is 34.8 Å². The molecule has 1 aliphatic rings. The molecule has 1 aromatic carbocycles. The van der Waals surface area contributed by atoms with Crippen LogP contribution in [0.15, 0.2) is 36.4 Å². The van der Waals surface area contributed by atoms with Gasteiger partial charge in [0.1, 0.15) is 0 Å². The summed E-state index contributed by atoms with van der Waals surface area (Å²) in [5, 5.41) is 8.18. The monoisotopic (exact) mass is 284 g/mol. The SMILES string of the molecule is CN(CCc1ccccc1)Cc1cc2n(n1)CCCNC2. The number of hydrogen-bond acceptors (Lipinski definition) is 3. The molecule has 0 aliphatic carbocycles. The Labute approximate surface area is 126 Å². The Morgan fingerprint density at radius 2 is 2.14 bits per heavy atom. The third-order valence-electron chi connectivity index (χ3n) is 4.00. The van der Waals surface area contributed by atoms with Crippen molar-refractivity contribution in [3.05, 3.63) is 53.3 Å². The Morgan fingerprint density at radius 3 is 3.00 bits per heavy atom. The average molecular weight is 284 g/mol. The van der Waals surface area contributed by atoms with E-state index < -0.39 is 0 Å². The van der Waals surface area contributed by atoms with Crippen molar-refractivity contribution in [3.63, 3.8) is 0 Å². The number of likely N-dealkylation sites (N-methyl/N-ethyl adjacent to an activating group) is 1. The van der Waals surface area contributed by atoms with Gasteiger partial charge in [-0.3, -0.25) is 4.68 Å². The predicted molar refractivity (Wildman–Crippen MR) is 85.0 cm³/mol. The van der Waals surface area contributed by atoms with Gasteiger partial charge in [-0.1, -0.05) is 30.3 Å². The van der Waals surface area contributed by atoms with E-state index in [1.807, 2.05) is 0 Å². The van der Waals surface area contributed by atoms with Gasteiger partial charge in [-0.15, -0.1) is 0 Å². The van der Waals surface area contributed by atoms with Gasteiger partial charge in [0, 0.05) is 26.2 Å². The van der Waals surface area contributed by atoms with Crippen LogP contribution in [0.4, 0.5) is 0 Å². The highest BCUT2D eigenvalue weighted by Crippen LogP contribution is 2.10. The van der Waals surface area contributed by atoms with Crippen LogP contribution in [0.2, 0.25) is 0 Å². The number of rotatable bonds is 5. The summed E-state index contributed by atoms with van der Waals surface area (Å²) in [7, 11) is 2.17. The first-order chi connectivity index (χ1) is 10.3. The molecule has 2 heterocycles. The second-order valence-corrected chi connectivity index (χ2v) is 5.85. The quantitative estimate of drug-likeness (QED) is 0.912. The Kier molecular flexibility index (Phi) is 4.68. The second kappa shape index (κ2) is 6.87. The summed E-state index contributed by atoms with van der Waals surface area (Å²) in [5.74, 6) is 0. The topological polar surface area (TPSA) is 33.1 Å². The van der Waals surface area contributed by atoms with Crippen LogP contribution < -0.4 is 5.32 Å². The van der Waals surface area contributed by atoms with Gasteiger partial charge in [-0.05, 0) is 38.1 Å².